The Labute approximate surface area is 131 Å². The first kappa shape index (κ1) is 20.2. The van der Waals surface area contributed by atoms with E-state index in [9.17, 15) is 4.79 Å². The summed E-state index contributed by atoms with van der Waals surface area (Å²) in [7, 11) is 1.78. The number of unbranched alkanes of at least 4 members (excludes halogenated alkanes) is 4. The molecular weight excluding hydrogens is 264 g/mol. The molecule has 0 aliphatic rings. The number of hydrogen-bond donors (Lipinski definition) is 1. The lowest BCUT2D eigenvalue weighted by Gasteiger charge is -2.25. The minimum Gasteiger partial charge on any atom is -0.444 e. The molecule has 21 heavy (non-hydrogen) atoms. The fourth-order valence-electron chi connectivity index (χ4n) is 2.07. The summed E-state index contributed by atoms with van der Waals surface area (Å²) < 4.78 is 5.32. The van der Waals surface area contributed by atoms with E-state index in [0.717, 1.165) is 6.54 Å². The predicted molar refractivity (Wildman–Crippen MR) is 89.7 cm³/mol. The molecule has 0 rings (SSSR count). The molecule has 0 aromatic rings. The highest BCUT2D eigenvalue weighted by molar-refractivity contribution is 5.67. The van der Waals surface area contributed by atoms with E-state index in [-0.39, 0.29) is 6.09 Å². The first-order chi connectivity index (χ1) is 9.76. The summed E-state index contributed by atoms with van der Waals surface area (Å²) in [5, 5.41) is 3.47. The maximum atomic E-state index is 11.8. The third kappa shape index (κ3) is 12.7. The van der Waals surface area contributed by atoms with E-state index < -0.39 is 5.60 Å². The van der Waals surface area contributed by atoms with E-state index in [1.165, 1.54) is 38.5 Å². The molecule has 0 saturated carbocycles. The Balaban J connectivity index is 3.65. The van der Waals surface area contributed by atoms with Crippen molar-refractivity contribution in [1.82, 2.24) is 10.2 Å². The average Bonchev–Trinajstić information content (AvgIpc) is 2.36. The van der Waals surface area contributed by atoms with E-state index >= 15 is 0 Å². The minimum absolute atomic E-state index is 0.253. The van der Waals surface area contributed by atoms with Crippen LogP contribution in [-0.4, -0.2) is 42.8 Å². The van der Waals surface area contributed by atoms with Gasteiger partial charge in [-0.25, -0.2) is 4.79 Å². The van der Waals surface area contributed by atoms with Gasteiger partial charge in [0.15, 0.2) is 0 Å². The lowest BCUT2D eigenvalue weighted by Crippen LogP contribution is -2.39. The van der Waals surface area contributed by atoms with Gasteiger partial charge in [0.2, 0.25) is 0 Å². The van der Waals surface area contributed by atoms with Gasteiger partial charge in [-0.2, -0.15) is 0 Å². The van der Waals surface area contributed by atoms with Gasteiger partial charge in [-0.05, 0) is 34.1 Å². The number of likely N-dealkylation sites (N-methyl/N-ethyl adjacent to an activating group) is 1. The first-order valence-corrected chi connectivity index (χ1v) is 8.43. The zero-order valence-electron chi connectivity index (χ0n) is 15.0. The Kier molecular flexibility index (Phi) is 10.5. The molecule has 0 radical (unpaired) electrons. The summed E-state index contributed by atoms with van der Waals surface area (Å²) in [5.74, 6) is 0. The number of nitrogens with zero attached hydrogens (tertiary/aromatic N) is 1. The van der Waals surface area contributed by atoms with Crippen LogP contribution in [-0.2, 0) is 4.74 Å². The van der Waals surface area contributed by atoms with Gasteiger partial charge in [0, 0.05) is 26.2 Å². The summed E-state index contributed by atoms with van der Waals surface area (Å²) >= 11 is 0. The van der Waals surface area contributed by atoms with E-state index in [1.807, 2.05) is 20.8 Å². The van der Waals surface area contributed by atoms with Crippen LogP contribution in [0.2, 0.25) is 0 Å². The molecular formula is C17H36N2O2. The molecule has 1 atom stereocenters. The first-order valence-electron chi connectivity index (χ1n) is 8.43. The van der Waals surface area contributed by atoms with Crippen LogP contribution in [0, 0.1) is 0 Å². The topological polar surface area (TPSA) is 41.6 Å². The highest BCUT2D eigenvalue weighted by Gasteiger charge is 2.19. The molecule has 0 spiro atoms. The predicted octanol–water partition coefficient (Wildman–Crippen LogP) is 4.19. The fourth-order valence-corrected chi connectivity index (χ4v) is 2.07. The Bertz CT molecular complexity index is 274. The number of amides is 1. The van der Waals surface area contributed by atoms with Crippen molar-refractivity contribution >= 4 is 6.09 Å². The van der Waals surface area contributed by atoms with Crippen molar-refractivity contribution in [3.05, 3.63) is 0 Å². The van der Waals surface area contributed by atoms with Crippen molar-refractivity contribution in [2.75, 3.05) is 20.1 Å². The van der Waals surface area contributed by atoms with Crippen molar-refractivity contribution in [3.8, 4) is 0 Å². The van der Waals surface area contributed by atoms with Crippen molar-refractivity contribution in [2.45, 2.75) is 84.8 Å². The molecule has 126 valence electrons. The van der Waals surface area contributed by atoms with Gasteiger partial charge in [0.25, 0.3) is 0 Å². The molecule has 1 unspecified atom stereocenters. The van der Waals surface area contributed by atoms with E-state index in [1.54, 1.807) is 11.9 Å². The van der Waals surface area contributed by atoms with Crippen LogP contribution in [0.25, 0.3) is 0 Å². The van der Waals surface area contributed by atoms with Crippen LogP contribution in [0.4, 0.5) is 4.79 Å². The highest BCUT2D eigenvalue weighted by Crippen LogP contribution is 2.09. The van der Waals surface area contributed by atoms with Crippen molar-refractivity contribution in [2.24, 2.45) is 0 Å². The summed E-state index contributed by atoms with van der Waals surface area (Å²) in [6.07, 6.45) is 7.57. The highest BCUT2D eigenvalue weighted by atomic mass is 16.6. The molecule has 0 aliphatic heterocycles. The lowest BCUT2D eigenvalue weighted by molar-refractivity contribution is 0.0299. The minimum atomic E-state index is -0.426. The summed E-state index contributed by atoms with van der Waals surface area (Å²) in [4.78, 5) is 13.4. The molecule has 0 aromatic carbocycles. The number of nitrogens with one attached hydrogen (secondary N) is 1. The second kappa shape index (κ2) is 10.9. The Morgan fingerprint density at radius 3 is 2.38 bits per heavy atom. The largest absolute Gasteiger partial charge is 0.444 e. The third-order valence-corrected chi connectivity index (χ3v) is 3.39. The zero-order valence-corrected chi connectivity index (χ0v) is 15.0. The Morgan fingerprint density at radius 2 is 1.81 bits per heavy atom. The van der Waals surface area contributed by atoms with Crippen LogP contribution in [0.15, 0.2) is 0 Å². The smallest absolute Gasteiger partial charge is 0.410 e. The van der Waals surface area contributed by atoms with E-state index in [4.69, 9.17) is 4.74 Å². The van der Waals surface area contributed by atoms with Crippen LogP contribution in [0.3, 0.4) is 0 Å². The molecule has 0 aromatic heterocycles. The monoisotopic (exact) mass is 300 g/mol. The van der Waals surface area contributed by atoms with Crippen LogP contribution >= 0.6 is 0 Å². The molecule has 4 heteroatoms. The van der Waals surface area contributed by atoms with Crippen LogP contribution in [0.1, 0.15) is 73.1 Å². The number of rotatable bonds is 10. The van der Waals surface area contributed by atoms with E-state index in [0.29, 0.717) is 12.6 Å². The number of hydrogen-bond acceptors (Lipinski definition) is 3. The maximum Gasteiger partial charge on any atom is 0.410 e. The normalized spacial score (nSPS) is 13.0. The SMILES string of the molecule is CCCCCCCC(C)NCCN(C)C(=O)OC(C)(C)C. The molecule has 1 N–H and O–H groups in total. The van der Waals surface area contributed by atoms with Gasteiger partial charge < -0.3 is 15.0 Å². The van der Waals surface area contributed by atoms with Gasteiger partial charge in [-0.1, -0.05) is 39.0 Å². The van der Waals surface area contributed by atoms with Crippen LogP contribution in [0.5, 0.6) is 0 Å². The van der Waals surface area contributed by atoms with Gasteiger partial charge in [0.05, 0.1) is 0 Å². The summed E-state index contributed by atoms with van der Waals surface area (Å²) in [6.45, 7) is 11.6. The second-order valence-corrected chi connectivity index (χ2v) is 6.96. The van der Waals surface area contributed by atoms with Gasteiger partial charge >= 0.3 is 6.09 Å². The summed E-state index contributed by atoms with van der Waals surface area (Å²) in [5.41, 5.74) is -0.426. The molecule has 0 fully saturated rings. The Morgan fingerprint density at radius 1 is 1.19 bits per heavy atom. The molecule has 0 saturated heterocycles. The number of carbonyl (C=O) groups is 1. The molecule has 0 aliphatic carbocycles. The third-order valence-electron chi connectivity index (χ3n) is 3.39. The second-order valence-electron chi connectivity index (χ2n) is 6.96. The number of ether oxygens (including phenoxy) is 1. The maximum absolute atomic E-state index is 11.8. The lowest BCUT2D eigenvalue weighted by atomic mass is 10.1. The van der Waals surface area contributed by atoms with Crippen LogP contribution < -0.4 is 5.32 Å². The summed E-state index contributed by atoms with van der Waals surface area (Å²) in [6, 6.07) is 0.513. The van der Waals surface area contributed by atoms with Crippen molar-refractivity contribution in [3.63, 3.8) is 0 Å². The molecule has 0 heterocycles. The fraction of sp³-hybridized carbons (Fsp3) is 0.941. The Hall–Kier alpha value is -0.770. The van der Waals surface area contributed by atoms with Gasteiger partial charge in [-0.3, -0.25) is 0 Å². The van der Waals surface area contributed by atoms with Crippen molar-refractivity contribution in [1.29, 1.82) is 0 Å². The molecule has 1 amide bonds. The van der Waals surface area contributed by atoms with Gasteiger partial charge in [0.1, 0.15) is 5.60 Å². The standard InChI is InChI=1S/C17H36N2O2/c1-7-8-9-10-11-12-15(2)18-13-14-19(6)16(20)21-17(3,4)5/h15,18H,7-14H2,1-6H3. The van der Waals surface area contributed by atoms with Crippen molar-refractivity contribution < 1.29 is 9.53 Å². The van der Waals surface area contributed by atoms with Gasteiger partial charge in [-0.15, -0.1) is 0 Å². The molecule has 4 nitrogen and oxygen atoms in total. The zero-order chi connectivity index (χ0) is 16.3. The average molecular weight is 300 g/mol. The molecule has 0 bridgehead atoms. The quantitative estimate of drug-likeness (QED) is 0.615. The van der Waals surface area contributed by atoms with E-state index in [2.05, 4.69) is 19.2 Å². The number of carbonyl (C=O) groups excluding carboxylic acids is 1.